The number of hydrogen-bond acceptors (Lipinski definition) is 3. The molecule has 25 heavy (non-hydrogen) atoms. The Balaban J connectivity index is 1.72. The van der Waals surface area contributed by atoms with Gasteiger partial charge in [-0.25, -0.2) is 0 Å². The zero-order chi connectivity index (χ0) is 18.0. The molecule has 1 aliphatic rings. The van der Waals surface area contributed by atoms with Gasteiger partial charge in [0.1, 0.15) is 0 Å². The van der Waals surface area contributed by atoms with E-state index < -0.39 is 11.8 Å². The van der Waals surface area contributed by atoms with Crippen molar-refractivity contribution in [1.82, 2.24) is 0 Å². The van der Waals surface area contributed by atoms with E-state index in [2.05, 4.69) is 5.32 Å². The molecule has 0 saturated carbocycles. The molecule has 3 rings (SSSR count). The van der Waals surface area contributed by atoms with Crippen molar-refractivity contribution >= 4 is 40.7 Å². The van der Waals surface area contributed by atoms with Gasteiger partial charge in [-0.2, -0.15) is 0 Å². The highest BCUT2D eigenvalue weighted by molar-refractivity contribution is 6.33. The smallest absolute Gasteiger partial charge is 0.248 e. The van der Waals surface area contributed by atoms with Gasteiger partial charge < -0.3 is 16.0 Å². The first-order valence-corrected chi connectivity index (χ1v) is 8.09. The Morgan fingerprint density at radius 2 is 1.92 bits per heavy atom. The molecule has 1 fully saturated rings. The zero-order valence-electron chi connectivity index (χ0n) is 13.2. The Labute approximate surface area is 149 Å². The number of nitrogens with zero attached hydrogens (tertiary/aromatic N) is 1. The van der Waals surface area contributed by atoms with E-state index in [-0.39, 0.29) is 24.8 Å². The Hall–Kier alpha value is -2.86. The lowest BCUT2D eigenvalue weighted by atomic mass is 10.1. The molecule has 0 aliphatic carbocycles. The van der Waals surface area contributed by atoms with Crippen molar-refractivity contribution in [3.8, 4) is 0 Å². The first-order valence-electron chi connectivity index (χ1n) is 7.71. The van der Waals surface area contributed by atoms with Crippen LogP contribution in [-0.4, -0.2) is 24.3 Å². The van der Waals surface area contributed by atoms with Gasteiger partial charge in [0.2, 0.25) is 17.7 Å². The fourth-order valence-electron chi connectivity index (χ4n) is 2.78. The molecule has 2 aromatic carbocycles. The molecule has 2 aromatic rings. The number of rotatable bonds is 4. The highest BCUT2D eigenvalue weighted by Crippen LogP contribution is 2.31. The normalized spacial score (nSPS) is 16.8. The SMILES string of the molecule is NC(=O)c1cccc(NC(=O)C2CC(=O)N(c3ccccc3Cl)C2)c1. The molecule has 1 saturated heterocycles. The number of halogens is 1. The highest BCUT2D eigenvalue weighted by Gasteiger charge is 2.35. The van der Waals surface area contributed by atoms with E-state index in [0.717, 1.165) is 0 Å². The molecule has 6 nitrogen and oxygen atoms in total. The van der Waals surface area contributed by atoms with Crippen molar-refractivity contribution < 1.29 is 14.4 Å². The molecule has 3 amide bonds. The van der Waals surface area contributed by atoms with Crippen molar-refractivity contribution in [3.63, 3.8) is 0 Å². The van der Waals surface area contributed by atoms with Gasteiger partial charge in [-0.05, 0) is 30.3 Å². The van der Waals surface area contributed by atoms with Crippen molar-refractivity contribution in [2.75, 3.05) is 16.8 Å². The minimum Gasteiger partial charge on any atom is -0.366 e. The number of anilines is 2. The summed E-state index contributed by atoms with van der Waals surface area (Å²) in [6.07, 6.45) is 0.104. The second-order valence-corrected chi connectivity index (χ2v) is 6.20. The predicted molar refractivity (Wildman–Crippen MR) is 95.5 cm³/mol. The van der Waals surface area contributed by atoms with E-state index in [1.54, 1.807) is 42.5 Å². The summed E-state index contributed by atoms with van der Waals surface area (Å²) in [4.78, 5) is 37.5. The van der Waals surface area contributed by atoms with E-state index in [1.807, 2.05) is 0 Å². The van der Waals surface area contributed by atoms with Gasteiger partial charge in [-0.3, -0.25) is 14.4 Å². The van der Waals surface area contributed by atoms with Crippen LogP contribution in [0.25, 0.3) is 0 Å². The number of nitrogens with one attached hydrogen (secondary N) is 1. The second kappa shape index (κ2) is 6.94. The highest BCUT2D eigenvalue weighted by atomic mass is 35.5. The molecule has 0 radical (unpaired) electrons. The summed E-state index contributed by atoms with van der Waals surface area (Å²) >= 11 is 6.14. The molecule has 1 atom stereocenters. The predicted octanol–water partition coefficient (Wildman–Crippen LogP) is 2.43. The topological polar surface area (TPSA) is 92.5 Å². The maximum Gasteiger partial charge on any atom is 0.248 e. The number of primary amides is 1. The third-order valence-corrected chi connectivity index (χ3v) is 4.37. The van der Waals surface area contributed by atoms with Gasteiger partial charge >= 0.3 is 0 Å². The fourth-order valence-corrected chi connectivity index (χ4v) is 3.02. The molecule has 128 valence electrons. The molecular formula is C18H16ClN3O3. The maximum atomic E-state index is 12.5. The van der Waals surface area contributed by atoms with E-state index in [9.17, 15) is 14.4 Å². The third-order valence-electron chi connectivity index (χ3n) is 4.05. The molecular weight excluding hydrogens is 342 g/mol. The number of para-hydroxylation sites is 1. The number of hydrogen-bond donors (Lipinski definition) is 2. The van der Waals surface area contributed by atoms with Gasteiger partial charge in [-0.1, -0.05) is 29.8 Å². The maximum absolute atomic E-state index is 12.5. The fraction of sp³-hybridized carbons (Fsp3) is 0.167. The average molecular weight is 358 g/mol. The zero-order valence-corrected chi connectivity index (χ0v) is 14.0. The standard InChI is InChI=1S/C18H16ClN3O3/c19-14-6-1-2-7-15(14)22-10-12(9-16(22)23)18(25)21-13-5-3-4-11(8-13)17(20)24/h1-8,12H,9-10H2,(H2,20,24)(H,21,25). The summed E-state index contributed by atoms with van der Waals surface area (Å²) in [7, 11) is 0. The van der Waals surface area contributed by atoms with Gasteiger partial charge in [0.05, 0.1) is 16.6 Å². The molecule has 1 heterocycles. The van der Waals surface area contributed by atoms with Crippen LogP contribution in [0.5, 0.6) is 0 Å². The van der Waals surface area contributed by atoms with Crippen LogP contribution in [0.15, 0.2) is 48.5 Å². The second-order valence-electron chi connectivity index (χ2n) is 5.79. The van der Waals surface area contributed by atoms with Gasteiger partial charge in [-0.15, -0.1) is 0 Å². The summed E-state index contributed by atoms with van der Waals surface area (Å²) in [6.45, 7) is 0.254. The molecule has 1 unspecified atom stereocenters. The van der Waals surface area contributed by atoms with Gasteiger partial charge in [0.25, 0.3) is 0 Å². The van der Waals surface area contributed by atoms with Gasteiger partial charge in [0, 0.05) is 24.2 Å². The van der Waals surface area contributed by atoms with Crippen LogP contribution < -0.4 is 16.0 Å². The van der Waals surface area contributed by atoms with E-state index in [4.69, 9.17) is 17.3 Å². The Morgan fingerprint density at radius 1 is 1.16 bits per heavy atom. The first-order chi connectivity index (χ1) is 12.0. The number of benzene rings is 2. The van der Waals surface area contributed by atoms with Crippen LogP contribution in [0.1, 0.15) is 16.8 Å². The summed E-state index contributed by atoms with van der Waals surface area (Å²) in [6, 6.07) is 13.4. The lowest BCUT2D eigenvalue weighted by Gasteiger charge is -2.18. The molecule has 0 bridgehead atoms. The van der Waals surface area contributed by atoms with E-state index in [1.165, 1.54) is 11.0 Å². The first kappa shape index (κ1) is 17.0. The van der Waals surface area contributed by atoms with Crippen molar-refractivity contribution in [3.05, 3.63) is 59.1 Å². The number of carbonyl (C=O) groups is 3. The van der Waals surface area contributed by atoms with Crippen LogP contribution in [0.2, 0.25) is 5.02 Å². The van der Waals surface area contributed by atoms with Crippen LogP contribution >= 0.6 is 11.6 Å². The average Bonchev–Trinajstić information content (AvgIpc) is 2.97. The molecule has 7 heteroatoms. The number of amides is 3. The van der Waals surface area contributed by atoms with Crippen LogP contribution in [0, 0.1) is 5.92 Å². The van der Waals surface area contributed by atoms with E-state index >= 15 is 0 Å². The van der Waals surface area contributed by atoms with E-state index in [0.29, 0.717) is 22.0 Å². The Morgan fingerprint density at radius 3 is 2.64 bits per heavy atom. The quantitative estimate of drug-likeness (QED) is 0.880. The van der Waals surface area contributed by atoms with Crippen molar-refractivity contribution in [2.45, 2.75) is 6.42 Å². The Bertz CT molecular complexity index is 853. The van der Waals surface area contributed by atoms with Crippen LogP contribution in [-0.2, 0) is 9.59 Å². The lowest BCUT2D eigenvalue weighted by Crippen LogP contribution is -2.28. The van der Waals surface area contributed by atoms with Gasteiger partial charge in [0.15, 0.2) is 0 Å². The summed E-state index contributed by atoms with van der Waals surface area (Å²) in [5.41, 5.74) is 6.60. The largest absolute Gasteiger partial charge is 0.366 e. The lowest BCUT2D eigenvalue weighted by molar-refractivity contribution is -0.122. The van der Waals surface area contributed by atoms with Crippen LogP contribution in [0.3, 0.4) is 0 Å². The number of nitrogens with two attached hydrogens (primary N) is 1. The summed E-state index contributed by atoms with van der Waals surface area (Å²) in [5.74, 6) is -1.51. The van der Waals surface area contributed by atoms with Crippen molar-refractivity contribution in [2.24, 2.45) is 11.7 Å². The molecule has 3 N–H and O–H groups in total. The molecule has 0 spiro atoms. The van der Waals surface area contributed by atoms with Crippen LogP contribution in [0.4, 0.5) is 11.4 Å². The minimum atomic E-state index is -0.572. The number of carbonyl (C=O) groups excluding carboxylic acids is 3. The monoisotopic (exact) mass is 357 g/mol. The third kappa shape index (κ3) is 3.64. The van der Waals surface area contributed by atoms with Crippen molar-refractivity contribution in [1.29, 1.82) is 0 Å². The molecule has 0 aromatic heterocycles. The minimum absolute atomic E-state index is 0.104. The Kier molecular flexibility index (Phi) is 4.72. The summed E-state index contributed by atoms with van der Waals surface area (Å²) < 4.78 is 0. The summed E-state index contributed by atoms with van der Waals surface area (Å²) in [5, 5.41) is 3.19. The molecule has 1 aliphatic heterocycles.